The van der Waals surface area contributed by atoms with Gasteiger partial charge in [0.2, 0.25) is 5.91 Å². The number of likely N-dealkylation sites (tertiary alicyclic amines) is 1. The fourth-order valence-electron chi connectivity index (χ4n) is 2.36. The molecule has 1 aliphatic heterocycles. The summed E-state index contributed by atoms with van der Waals surface area (Å²) in [6.07, 6.45) is 4.37. The van der Waals surface area contributed by atoms with Crippen molar-refractivity contribution in [1.29, 1.82) is 0 Å². The Morgan fingerprint density at radius 1 is 1.42 bits per heavy atom. The van der Waals surface area contributed by atoms with Crippen molar-refractivity contribution in [2.45, 2.75) is 25.7 Å². The second kappa shape index (κ2) is 8.04. The van der Waals surface area contributed by atoms with Crippen LogP contribution in [0, 0.1) is 10.1 Å². The predicted octanol–water partition coefficient (Wildman–Crippen LogP) is 1.15. The molecule has 2 amide bonds. The van der Waals surface area contributed by atoms with Crippen molar-refractivity contribution in [3.05, 3.63) is 33.9 Å². The number of amides is 2. The van der Waals surface area contributed by atoms with Crippen LogP contribution in [0.2, 0.25) is 0 Å². The van der Waals surface area contributed by atoms with Crippen LogP contribution < -0.4 is 5.43 Å². The second-order valence-electron chi connectivity index (χ2n) is 5.42. The Balaban J connectivity index is 1.91. The first-order valence-electron chi connectivity index (χ1n) is 7.54. The number of aromatic hydroxyl groups is 1. The molecular formula is C15H18N4O5. The first kappa shape index (κ1) is 17.4. The van der Waals surface area contributed by atoms with Crippen LogP contribution in [0.15, 0.2) is 23.3 Å². The van der Waals surface area contributed by atoms with Crippen LogP contribution in [0.1, 0.15) is 31.2 Å². The molecule has 1 saturated heterocycles. The highest BCUT2D eigenvalue weighted by Gasteiger charge is 2.19. The highest BCUT2D eigenvalue weighted by molar-refractivity contribution is 5.86. The van der Waals surface area contributed by atoms with Crippen LogP contribution in [-0.4, -0.2) is 46.0 Å². The summed E-state index contributed by atoms with van der Waals surface area (Å²) < 4.78 is 0. The van der Waals surface area contributed by atoms with Crippen molar-refractivity contribution in [2.75, 3.05) is 13.1 Å². The number of phenols is 1. The lowest BCUT2D eigenvalue weighted by Gasteiger charge is -2.18. The van der Waals surface area contributed by atoms with Gasteiger partial charge in [-0.3, -0.25) is 19.7 Å². The molecule has 9 heteroatoms. The molecule has 1 aromatic rings. The molecule has 0 bridgehead atoms. The molecule has 9 nitrogen and oxygen atoms in total. The van der Waals surface area contributed by atoms with E-state index in [0.29, 0.717) is 18.5 Å². The molecular weight excluding hydrogens is 316 g/mol. The number of hydrogen-bond donors (Lipinski definition) is 2. The topological polar surface area (TPSA) is 125 Å². The molecule has 1 aromatic carbocycles. The summed E-state index contributed by atoms with van der Waals surface area (Å²) in [6.45, 7) is 0.492. The number of nitrogens with zero attached hydrogens (tertiary/aromatic N) is 3. The Morgan fingerprint density at radius 3 is 2.96 bits per heavy atom. The Bertz CT molecular complexity index is 674. The summed E-state index contributed by atoms with van der Waals surface area (Å²) in [5, 5.41) is 23.8. The minimum absolute atomic E-state index is 0.0409. The molecule has 0 spiro atoms. The van der Waals surface area contributed by atoms with E-state index in [1.54, 1.807) is 0 Å². The van der Waals surface area contributed by atoms with E-state index in [0.717, 1.165) is 25.3 Å². The van der Waals surface area contributed by atoms with Gasteiger partial charge < -0.3 is 10.0 Å². The van der Waals surface area contributed by atoms with Crippen LogP contribution in [-0.2, 0) is 9.59 Å². The molecule has 0 atom stereocenters. The molecule has 0 unspecified atom stereocenters. The zero-order chi connectivity index (χ0) is 17.5. The highest BCUT2D eigenvalue weighted by atomic mass is 16.6. The molecule has 0 aromatic heterocycles. The summed E-state index contributed by atoms with van der Waals surface area (Å²) in [4.78, 5) is 35.1. The average Bonchev–Trinajstić information content (AvgIpc) is 2.73. The quantitative estimate of drug-likeness (QED) is 0.475. The number of benzene rings is 1. The monoisotopic (exact) mass is 334 g/mol. The number of carbonyl (C=O) groups is 2. The zero-order valence-electron chi connectivity index (χ0n) is 13.0. The smallest absolute Gasteiger partial charge is 0.311 e. The maximum atomic E-state index is 11.8. The third-order valence-electron chi connectivity index (χ3n) is 3.60. The Morgan fingerprint density at radius 2 is 2.21 bits per heavy atom. The average molecular weight is 334 g/mol. The van der Waals surface area contributed by atoms with E-state index in [1.807, 2.05) is 0 Å². The summed E-state index contributed by atoms with van der Waals surface area (Å²) in [7, 11) is 0. The molecule has 0 radical (unpaired) electrons. The van der Waals surface area contributed by atoms with E-state index in [2.05, 4.69) is 10.5 Å². The van der Waals surface area contributed by atoms with E-state index in [1.165, 1.54) is 23.2 Å². The van der Waals surface area contributed by atoms with Gasteiger partial charge >= 0.3 is 5.69 Å². The molecule has 2 N–H and O–H groups in total. The van der Waals surface area contributed by atoms with E-state index in [4.69, 9.17) is 0 Å². The van der Waals surface area contributed by atoms with Gasteiger partial charge in [0.1, 0.15) is 6.54 Å². The number of carbonyl (C=O) groups excluding carboxylic acids is 2. The van der Waals surface area contributed by atoms with Gasteiger partial charge in [-0.05, 0) is 25.0 Å². The molecule has 128 valence electrons. The number of nitro benzene ring substituents is 1. The van der Waals surface area contributed by atoms with Crippen molar-refractivity contribution in [1.82, 2.24) is 10.3 Å². The first-order valence-corrected chi connectivity index (χ1v) is 7.54. The van der Waals surface area contributed by atoms with Gasteiger partial charge in [-0.2, -0.15) is 5.10 Å². The molecule has 1 aliphatic rings. The third-order valence-corrected chi connectivity index (χ3v) is 3.60. The number of rotatable bonds is 5. The fourth-order valence-corrected chi connectivity index (χ4v) is 2.36. The van der Waals surface area contributed by atoms with Gasteiger partial charge in [0.15, 0.2) is 5.75 Å². The van der Waals surface area contributed by atoms with Crippen molar-refractivity contribution in [3.63, 3.8) is 0 Å². The van der Waals surface area contributed by atoms with E-state index in [-0.39, 0.29) is 12.5 Å². The normalized spacial score (nSPS) is 15.3. The summed E-state index contributed by atoms with van der Waals surface area (Å²) >= 11 is 0. The Hall–Kier alpha value is -2.97. The molecule has 1 fully saturated rings. The van der Waals surface area contributed by atoms with Crippen molar-refractivity contribution in [3.8, 4) is 5.75 Å². The Kier molecular flexibility index (Phi) is 5.83. The van der Waals surface area contributed by atoms with Gasteiger partial charge in [0, 0.05) is 24.6 Å². The van der Waals surface area contributed by atoms with Crippen LogP contribution >= 0.6 is 0 Å². The van der Waals surface area contributed by atoms with Crippen LogP contribution in [0.4, 0.5) is 5.69 Å². The first-order chi connectivity index (χ1) is 11.5. The molecule has 0 aliphatic carbocycles. The molecule has 24 heavy (non-hydrogen) atoms. The number of phenolic OH excluding ortho intramolecular Hbond substituents is 1. The standard InChI is InChI=1S/C15H18N4O5/c20-13-6-5-11(8-12(13)19(23)24)9-16-17-14(21)10-18-7-3-1-2-4-15(18)22/h5-6,8-9,20H,1-4,7,10H2,(H,17,21)/b16-9+. The van der Waals surface area contributed by atoms with E-state index < -0.39 is 22.3 Å². The summed E-state index contributed by atoms with van der Waals surface area (Å²) in [6, 6.07) is 3.75. The summed E-state index contributed by atoms with van der Waals surface area (Å²) in [5.74, 6) is -0.920. The lowest BCUT2D eigenvalue weighted by atomic mass is 10.2. The number of hydrazone groups is 1. The van der Waals surface area contributed by atoms with Gasteiger partial charge in [0.25, 0.3) is 5.91 Å². The van der Waals surface area contributed by atoms with Gasteiger partial charge in [-0.25, -0.2) is 5.43 Å². The minimum atomic E-state index is -0.712. The van der Waals surface area contributed by atoms with Gasteiger partial charge in [0.05, 0.1) is 11.1 Å². The SMILES string of the molecule is O=C(CN1CCCCCC1=O)N/N=C/c1ccc(O)c([N+](=O)[O-])c1. The summed E-state index contributed by atoms with van der Waals surface area (Å²) in [5.41, 5.74) is 2.20. The maximum absolute atomic E-state index is 11.8. The number of nitro groups is 1. The predicted molar refractivity (Wildman–Crippen MR) is 85.5 cm³/mol. The van der Waals surface area contributed by atoms with E-state index in [9.17, 15) is 24.8 Å². The number of hydrogen-bond acceptors (Lipinski definition) is 6. The van der Waals surface area contributed by atoms with Crippen molar-refractivity contribution >= 4 is 23.7 Å². The van der Waals surface area contributed by atoms with Gasteiger partial charge in [-0.1, -0.05) is 6.42 Å². The minimum Gasteiger partial charge on any atom is -0.502 e. The molecule has 0 saturated carbocycles. The highest BCUT2D eigenvalue weighted by Crippen LogP contribution is 2.25. The van der Waals surface area contributed by atoms with Crippen LogP contribution in [0.5, 0.6) is 5.75 Å². The molecule has 1 heterocycles. The van der Waals surface area contributed by atoms with Crippen molar-refractivity contribution < 1.29 is 19.6 Å². The lowest BCUT2D eigenvalue weighted by Crippen LogP contribution is -2.39. The fraction of sp³-hybridized carbons (Fsp3) is 0.400. The molecule has 2 rings (SSSR count). The third kappa shape index (κ3) is 4.77. The van der Waals surface area contributed by atoms with E-state index >= 15 is 0 Å². The van der Waals surface area contributed by atoms with Gasteiger partial charge in [-0.15, -0.1) is 0 Å². The van der Waals surface area contributed by atoms with Crippen LogP contribution in [0.25, 0.3) is 0 Å². The Labute approximate surface area is 138 Å². The second-order valence-corrected chi connectivity index (χ2v) is 5.42. The largest absolute Gasteiger partial charge is 0.502 e. The maximum Gasteiger partial charge on any atom is 0.311 e. The lowest BCUT2D eigenvalue weighted by molar-refractivity contribution is -0.385. The van der Waals surface area contributed by atoms with Crippen LogP contribution in [0.3, 0.4) is 0 Å². The van der Waals surface area contributed by atoms with Crippen molar-refractivity contribution in [2.24, 2.45) is 5.10 Å². The zero-order valence-corrected chi connectivity index (χ0v) is 13.0. The number of nitrogens with one attached hydrogen (secondary N) is 1.